The number of carboxylic acid groups (broad SMARTS) is 1. The largest absolute Gasteiger partial charge is 0.477 e. The van der Waals surface area contributed by atoms with Gasteiger partial charge in [0.05, 0.1) is 17.4 Å². The molecule has 4 heterocycles. The number of aryl methyl sites for hydroxylation is 2. The van der Waals surface area contributed by atoms with Crippen molar-refractivity contribution in [1.82, 2.24) is 14.5 Å². The molecule has 1 fully saturated rings. The average molecular weight is 325 g/mol. The number of carbonyl (C=O) groups is 2. The number of hydrogen-bond donors (Lipinski definition) is 1. The van der Waals surface area contributed by atoms with Gasteiger partial charge in [-0.2, -0.15) is 5.10 Å². The molecule has 1 atom stereocenters. The monoisotopic (exact) mass is 325 g/mol. The van der Waals surface area contributed by atoms with Crippen LogP contribution in [0.4, 0.5) is 0 Å². The van der Waals surface area contributed by atoms with Gasteiger partial charge in [0, 0.05) is 18.1 Å². The first-order valence-corrected chi connectivity index (χ1v) is 8.12. The average Bonchev–Trinajstić information content (AvgIpc) is 3.22. The minimum atomic E-state index is -1.06. The fourth-order valence-electron chi connectivity index (χ4n) is 3.87. The summed E-state index contributed by atoms with van der Waals surface area (Å²) >= 11 is 0. The summed E-state index contributed by atoms with van der Waals surface area (Å²) in [7, 11) is 0. The van der Waals surface area contributed by atoms with Crippen LogP contribution in [-0.4, -0.2) is 37.5 Å². The van der Waals surface area contributed by atoms with Crippen molar-refractivity contribution in [2.24, 2.45) is 0 Å². The number of carbonyl (C=O) groups excluding carboxylic acids is 1. The summed E-state index contributed by atoms with van der Waals surface area (Å²) in [6.45, 7) is 0. The second-order valence-corrected chi connectivity index (χ2v) is 6.42. The molecule has 2 aliphatic heterocycles. The van der Waals surface area contributed by atoms with Crippen LogP contribution in [0.15, 0.2) is 27.8 Å². The Hall–Kier alpha value is -2.83. The molecule has 2 aromatic rings. The maximum atomic E-state index is 12.2. The molecule has 5 rings (SSSR count). The molecule has 1 N–H and O–H groups in total. The minimum absolute atomic E-state index is 0.0785. The zero-order valence-corrected chi connectivity index (χ0v) is 12.9. The lowest BCUT2D eigenvalue weighted by Crippen LogP contribution is -2.52. The Labute approximate surface area is 136 Å². The van der Waals surface area contributed by atoms with Crippen molar-refractivity contribution in [3.8, 4) is 0 Å². The molecule has 0 bridgehead atoms. The smallest absolute Gasteiger partial charge is 0.352 e. The van der Waals surface area contributed by atoms with Gasteiger partial charge < -0.3 is 9.52 Å². The summed E-state index contributed by atoms with van der Waals surface area (Å²) < 4.78 is 7.68. The summed E-state index contributed by atoms with van der Waals surface area (Å²) in [4.78, 5) is 24.7. The number of amides is 1. The van der Waals surface area contributed by atoms with Crippen LogP contribution in [0.1, 0.15) is 36.4 Å². The number of nitrogens with zero attached hydrogens (tertiary/aromatic N) is 3. The number of carboxylic acids is 1. The Morgan fingerprint density at radius 1 is 1.38 bits per heavy atom. The van der Waals surface area contributed by atoms with Crippen molar-refractivity contribution in [1.29, 1.82) is 0 Å². The molecular formula is C17H15N3O4. The van der Waals surface area contributed by atoms with Crippen LogP contribution in [-0.2, 0) is 22.4 Å². The van der Waals surface area contributed by atoms with E-state index in [0.717, 1.165) is 37.1 Å². The number of aromatic nitrogens is 2. The SMILES string of the molecule is O=C(O)C1=CCC2/C(=C\c3cc4oc5c(n4n3)CCCC5)C(=O)N12. The molecule has 0 spiro atoms. The summed E-state index contributed by atoms with van der Waals surface area (Å²) in [6.07, 6.45) is 8.08. The van der Waals surface area contributed by atoms with Crippen LogP contribution in [0.3, 0.4) is 0 Å². The molecule has 122 valence electrons. The van der Waals surface area contributed by atoms with E-state index in [4.69, 9.17) is 9.52 Å². The van der Waals surface area contributed by atoms with Gasteiger partial charge in [-0.1, -0.05) is 6.08 Å². The fraction of sp³-hybridized carbons (Fsp3) is 0.353. The normalized spacial score (nSPS) is 24.1. The Balaban J connectivity index is 1.47. The molecule has 1 unspecified atom stereocenters. The Kier molecular flexibility index (Phi) is 2.60. The highest BCUT2D eigenvalue weighted by Crippen LogP contribution is 2.39. The van der Waals surface area contributed by atoms with E-state index in [1.54, 1.807) is 12.2 Å². The number of hydrogen-bond acceptors (Lipinski definition) is 4. The van der Waals surface area contributed by atoms with Crippen LogP contribution in [0, 0.1) is 0 Å². The summed E-state index contributed by atoms with van der Waals surface area (Å²) in [5.74, 6) is -0.297. The molecule has 0 radical (unpaired) electrons. The van der Waals surface area contributed by atoms with Crippen LogP contribution in [0.5, 0.6) is 0 Å². The molecule has 7 nitrogen and oxygen atoms in total. The molecule has 3 aliphatic rings. The molecule has 0 aromatic carbocycles. The Bertz CT molecular complexity index is 962. The van der Waals surface area contributed by atoms with Crippen LogP contribution in [0.2, 0.25) is 0 Å². The highest BCUT2D eigenvalue weighted by Gasteiger charge is 2.48. The molecular weight excluding hydrogens is 310 g/mol. The second kappa shape index (κ2) is 4.59. The van der Waals surface area contributed by atoms with Crippen molar-refractivity contribution >= 4 is 23.7 Å². The predicted molar refractivity (Wildman–Crippen MR) is 83.0 cm³/mol. The first-order chi connectivity index (χ1) is 11.6. The molecule has 2 aromatic heterocycles. The van der Waals surface area contributed by atoms with Crippen molar-refractivity contribution in [2.45, 2.75) is 38.1 Å². The van der Waals surface area contributed by atoms with E-state index >= 15 is 0 Å². The number of β-lactam (4-membered cyclic amide) rings is 1. The predicted octanol–water partition coefficient (Wildman–Crippen LogP) is 1.77. The van der Waals surface area contributed by atoms with Gasteiger partial charge in [-0.3, -0.25) is 9.69 Å². The molecule has 1 aliphatic carbocycles. The summed E-state index contributed by atoms with van der Waals surface area (Å²) in [5.41, 5.74) is 3.19. The van der Waals surface area contributed by atoms with E-state index < -0.39 is 5.97 Å². The summed E-state index contributed by atoms with van der Waals surface area (Å²) in [5, 5.41) is 13.7. The van der Waals surface area contributed by atoms with Crippen molar-refractivity contribution < 1.29 is 19.1 Å². The lowest BCUT2D eigenvalue weighted by molar-refractivity contribution is -0.142. The van der Waals surface area contributed by atoms with E-state index in [-0.39, 0.29) is 17.6 Å². The maximum Gasteiger partial charge on any atom is 0.352 e. The van der Waals surface area contributed by atoms with Gasteiger partial charge in [0.1, 0.15) is 11.5 Å². The van der Waals surface area contributed by atoms with Gasteiger partial charge >= 0.3 is 5.97 Å². The standard InChI is InChI=1S/C17H15N3O4/c21-16-10(11-5-6-13(17(22)23)19(11)16)7-9-8-15-20(18-9)12-3-1-2-4-14(12)24-15/h6-8,11H,1-5H2,(H,22,23)/b10-7+. The van der Waals surface area contributed by atoms with Gasteiger partial charge in [-0.15, -0.1) is 0 Å². The first-order valence-electron chi connectivity index (χ1n) is 8.12. The van der Waals surface area contributed by atoms with E-state index in [0.29, 0.717) is 23.4 Å². The molecule has 1 amide bonds. The Morgan fingerprint density at radius 3 is 3.04 bits per heavy atom. The van der Waals surface area contributed by atoms with Gasteiger partial charge in [-0.05, 0) is 31.8 Å². The fourth-order valence-corrected chi connectivity index (χ4v) is 3.87. The van der Waals surface area contributed by atoms with Crippen LogP contribution < -0.4 is 0 Å². The number of aliphatic carboxylic acids is 1. The van der Waals surface area contributed by atoms with E-state index in [1.807, 2.05) is 10.6 Å². The van der Waals surface area contributed by atoms with Gasteiger partial charge in [0.15, 0.2) is 0 Å². The zero-order chi connectivity index (χ0) is 16.4. The second-order valence-electron chi connectivity index (χ2n) is 6.42. The lowest BCUT2D eigenvalue weighted by Gasteiger charge is -2.38. The van der Waals surface area contributed by atoms with Gasteiger partial charge in [0.2, 0.25) is 5.71 Å². The third-order valence-electron chi connectivity index (χ3n) is 5.02. The van der Waals surface area contributed by atoms with Crippen molar-refractivity contribution in [3.05, 3.63) is 40.6 Å². The maximum absolute atomic E-state index is 12.2. The quantitative estimate of drug-likeness (QED) is 0.671. The van der Waals surface area contributed by atoms with Gasteiger partial charge in [-0.25, -0.2) is 9.31 Å². The lowest BCUT2D eigenvalue weighted by atomic mass is 9.93. The molecule has 0 saturated carbocycles. The van der Waals surface area contributed by atoms with E-state index in [1.165, 1.54) is 4.90 Å². The molecule has 7 heteroatoms. The van der Waals surface area contributed by atoms with Crippen LogP contribution >= 0.6 is 0 Å². The third-order valence-corrected chi connectivity index (χ3v) is 5.02. The number of fused-ring (bicyclic) bond motifs is 4. The molecule has 24 heavy (non-hydrogen) atoms. The number of rotatable bonds is 2. The van der Waals surface area contributed by atoms with Crippen molar-refractivity contribution in [3.63, 3.8) is 0 Å². The van der Waals surface area contributed by atoms with E-state index in [9.17, 15) is 9.59 Å². The van der Waals surface area contributed by atoms with Gasteiger partial charge in [0.25, 0.3) is 5.91 Å². The van der Waals surface area contributed by atoms with E-state index in [2.05, 4.69) is 5.10 Å². The molecule has 1 saturated heterocycles. The highest BCUT2D eigenvalue weighted by atomic mass is 16.4. The first kappa shape index (κ1) is 13.6. The van der Waals surface area contributed by atoms with Crippen LogP contribution in [0.25, 0.3) is 11.8 Å². The van der Waals surface area contributed by atoms with Crippen molar-refractivity contribution in [2.75, 3.05) is 0 Å². The zero-order valence-electron chi connectivity index (χ0n) is 12.9. The minimum Gasteiger partial charge on any atom is -0.477 e. The summed E-state index contributed by atoms with van der Waals surface area (Å²) in [6, 6.07) is 1.66. The third kappa shape index (κ3) is 1.69. The topological polar surface area (TPSA) is 88.0 Å². The number of oxazole rings is 1. The Morgan fingerprint density at radius 2 is 2.21 bits per heavy atom. The highest BCUT2D eigenvalue weighted by molar-refractivity contribution is 6.11.